The van der Waals surface area contributed by atoms with Crippen LogP contribution in [0.15, 0.2) is 42.7 Å². The van der Waals surface area contributed by atoms with Crippen molar-refractivity contribution in [2.45, 2.75) is 39.4 Å². The molecule has 2 rings (SSSR count). The van der Waals surface area contributed by atoms with Crippen LogP contribution in [0.3, 0.4) is 0 Å². The van der Waals surface area contributed by atoms with Crippen LogP contribution in [-0.2, 0) is 11.3 Å². The maximum Gasteiger partial charge on any atom is 0.321 e. The molecule has 24 heavy (non-hydrogen) atoms. The summed E-state index contributed by atoms with van der Waals surface area (Å²) in [5, 5.41) is 12.2. The molecule has 0 aliphatic heterocycles. The van der Waals surface area contributed by atoms with Gasteiger partial charge in [0.15, 0.2) is 0 Å². The van der Waals surface area contributed by atoms with Gasteiger partial charge in [0.2, 0.25) is 5.91 Å². The largest absolute Gasteiger partial charge is 0.371 e. The van der Waals surface area contributed by atoms with Gasteiger partial charge >= 0.3 is 6.03 Å². The highest BCUT2D eigenvalue weighted by Crippen LogP contribution is 2.09. The van der Waals surface area contributed by atoms with Crippen LogP contribution in [-0.4, -0.2) is 33.8 Å². The molecule has 0 bridgehead atoms. The number of rotatable bonds is 6. The minimum Gasteiger partial charge on any atom is -0.371 e. The highest BCUT2D eigenvalue weighted by Gasteiger charge is 2.16. The number of carbonyl (C=O) groups is 2. The van der Waals surface area contributed by atoms with Crippen LogP contribution in [0.1, 0.15) is 26.3 Å². The van der Waals surface area contributed by atoms with Crippen molar-refractivity contribution in [2.75, 3.05) is 5.32 Å². The Morgan fingerprint density at radius 3 is 2.54 bits per heavy atom. The smallest absolute Gasteiger partial charge is 0.321 e. The number of nitrogens with zero attached hydrogens (tertiary/aromatic N) is 2. The molecule has 0 fully saturated rings. The summed E-state index contributed by atoms with van der Waals surface area (Å²) < 4.78 is 1.79. The zero-order chi connectivity index (χ0) is 17.5. The lowest BCUT2D eigenvalue weighted by molar-refractivity contribution is -0.120. The molecule has 128 valence electrons. The molecule has 0 saturated heterocycles. The van der Waals surface area contributed by atoms with Gasteiger partial charge in [-0.15, -0.1) is 0 Å². The fourth-order valence-corrected chi connectivity index (χ4v) is 2.13. The summed E-state index contributed by atoms with van der Waals surface area (Å²) in [7, 11) is 0. The second-order valence-corrected chi connectivity index (χ2v) is 5.90. The number of nitrogens with one attached hydrogen (secondary N) is 3. The molecule has 3 amide bonds. The van der Waals surface area contributed by atoms with E-state index in [9.17, 15) is 9.59 Å². The number of benzene rings is 1. The summed E-state index contributed by atoms with van der Waals surface area (Å²) >= 11 is 0. The van der Waals surface area contributed by atoms with Crippen LogP contribution in [0.5, 0.6) is 0 Å². The number of carbonyl (C=O) groups excluding carboxylic acids is 2. The van der Waals surface area contributed by atoms with Gasteiger partial charge in [0, 0.05) is 12.2 Å². The number of aromatic nitrogens is 2. The quantitative estimate of drug-likeness (QED) is 0.756. The highest BCUT2D eigenvalue weighted by atomic mass is 16.2. The molecular weight excluding hydrogens is 306 g/mol. The molecule has 3 N–H and O–H groups in total. The topological polar surface area (TPSA) is 88.1 Å². The maximum atomic E-state index is 12.0. The van der Waals surface area contributed by atoms with Crippen molar-refractivity contribution >= 4 is 17.6 Å². The van der Waals surface area contributed by atoms with Gasteiger partial charge in [-0.3, -0.25) is 14.8 Å². The average Bonchev–Trinajstić information content (AvgIpc) is 2.94. The van der Waals surface area contributed by atoms with Crippen molar-refractivity contribution in [1.29, 1.82) is 0 Å². The molecule has 0 aliphatic rings. The molecule has 1 aromatic heterocycles. The Morgan fingerprint density at radius 1 is 1.17 bits per heavy atom. The van der Waals surface area contributed by atoms with Crippen molar-refractivity contribution in [3.63, 3.8) is 0 Å². The molecule has 0 spiro atoms. The predicted molar refractivity (Wildman–Crippen MR) is 92.7 cm³/mol. The predicted octanol–water partition coefficient (Wildman–Crippen LogP) is 1.97. The van der Waals surface area contributed by atoms with E-state index in [1.165, 1.54) is 0 Å². The Kier molecular flexibility index (Phi) is 5.95. The van der Waals surface area contributed by atoms with Gasteiger partial charge < -0.3 is 10.6 Å². The van der Waals surface area contributed by atoms with Gasteiger partial charge in [-0.25, -0.2) is 4.79 Å². The van der Waals surface area contributed by atoms with E-state index in [0.717, 1.165) is 11.3 Å². The summed E-state index contributed by atoms with van der Waals surface area (Å²) in [6.07, 6.45) is 3.48. The molecule has 7 nitrogen and oxygen atoms in total. The molecule has 1 heterocycles. The van der Waals surface area contributed by atoms with Crippen LogP contribution in [0, 0.1) is 0 Å². The zero-order valence-corrected chi connectivity index (χ0v) is 14.1. The van der Waals surface area contributed by atoms with Gasteiger partial charge in [-0.2, -0.15) is 5.10 Å². The van der Waals surface area contributed by atoms with Crippen molar-refractivity contribution in [3.05, 3.63) is 48.3 Å². The molecule has 0 aliphatic carbocycles. The minimum atomic E-state index is -0.558. The molecule has 1 unspecified atom stereocenters. The number of hydrogen-bond acceptors (Lipinski definition) is 4. The van der Waals surface area contributed by atoms with Crippen LogP contribution in [0.2, 0.25) is 0 Å². The highest BCUT2D eigenvalue weighted by molar-refractivity contribution is 5.98. The third-order valence-corrected chi connectivity index (χ3v) is 3.25. The summed E-state index contributed by atoms with van der Waals surface area (Å²) in [5.41, 5.74) is 1.86. The fourth-order valence-electron chi connectivity index (χ4n) is 2.13. The molecule has 0 radical (unpaired) electrons. The van der Waals surface area contributed by atoms with E-state index >= 15 is 0 Å². The van der Waals surface area contributed by atoms with Crippen molar-refractivity contribution in [2.24, 2.45) is 0 Å². The Hall–Kier alpha value is -2.83. The van der Waals surface area contributed by atoms with Gasteiger partial charge in [-0.05, 0) is 26.3 Å². The third kappa shape index (κ3) is 5.42. The summed E-state index contributed by atoms with van der Waals surface area (Å²) in [6, 6.07) is 8.89. The van der Waals surface area contributed by atoms with Gasteiger partial charge in [-0.1, -0.05) is 30.3 Å². The summed E-state index contributed by atoms with van der Waals surface area (Å²) in [4.78, 5) is 23.5. The maximum absolute atomic E-state index is 12.0. The molecular formula is C17H23N5O2. The lowest BCUT2D eigenvalue weighted by atomic mass is 10.2. The minimum absolute atomic E-state index is 0.0303. The molecule has 7 heteroatoms. The molecule has 1 atom stereocenters. The Morgan fingerprint density at radius 2 is 1.88 bits per heavy atom. The first-order chi connectivity index (χ1) is 11.4. The monoisotopic (exact) mass is 329 g/mol. The lowest BCUT2D eigenvalue weighted by Crippen LogP contribution is -2.47. The fraction of sp³-hybridized carbons (Fsp3) is 0.353. The Bertz CT molecular complexity index is 681. The van der Waals surface area contributed by atoms with E-state index in [2.05, 4.69) is 21.0 Å². The summed E-state index contributed by atoms with van der Waals surface area (Å²) in [5.74, 6) is -0.399. The Balaban J connectivity index is 1.87. The SMILES string of the molecule is CC(C)NC(=O)NC(=O)C(C)Nc1cnn(Cc2ccccc2)c1. The third-order valence-electron chi connectivity index (χ3n) is 3.25. The number of anilines is 1. The second-order valence-electron chi connectivity index (χ2n) is 5.90. The van der Waals surface area contributed by atoms with Crippen LogP contribution < -0.4 is 16.0 Å². The van der Waals surface area contributed by atoms with Crippen LogP contribution in [0.4, 0.5) is 10.5 Å². The van der Waals surface area contributed by atoms with Gasteiger partial charge in [0.1, 0.15) is 6.04 Å². The first-order valence-electron chi connectivity index (χ1n) is 7.88. The van der Waals surface area contributed by atoms with E-state index in [4.69, 9.17) is 0 Å². The normalized spacial score (nSPS) is 11.8. The number of urea groups is 1. The van der Waals surface area contributed by atoms with Crippen molar-refractivity contribution in [1.82, 2.24) is 20.4 Å². The number of imide groups is 1. The first-order valence-corrected chi connectivity index (χ1v) is 7.88. The van der Waals surface area contributed by atoms with E-state index in [-0.39, 0.29) is 6.04 Å². The molecule has 0 saturated carbocycles. The first kappa shape index (κ1) is 17.5. The standard InChI is InChI=1S/C17H23N5O2/c1-12(2)19-17(24)21-16(23)13(3)20-15-9-18-22(11-15)10-14-7-5-4-6-8-14/h4-9,11-13,20H,10H2,1-3H3,(H2,19,21,23,24). The van der Waals surface area contributed by atoms with Gasteiger partial charge in [0.05, 0.1) is 18.4 Å². The number of amides is 3. The second kappa shape index (κ2) is 8.14. The van der Waals surface area contributed by atoms with Crippen LogP contribution in [0.25, 0.3) is 0 Å². The molecule has 1 aromatic carbocycles. The van der Waals surface area contributed by atoms with Crippen molar-refractivity contribution in [3.8, 4) is 0 Å². The number of hydrogen-bond donors (Lipinski definition) is 3. The van der Waals surface area contributed by atoms with E-state index in [1.807, 2.05) is 50.4 Å². The molecule has 2 aromatic rings. The van der Waals surface area contributed by atoms with E-state index in [1.54, 1.807) is 17.8 Å². The summed E-state index contributed by atoms with van der Waals surface area (Å²) in [6.45, 7) is 5.99. The van der Waals surface area contributed by atoms with Gasteiger partial charge in [0.25, 0.3) is 0 Å². The van der Waals surface area contributed by atoms with Crippen LogP contribution >= 0.6 is 0 Å². The average molecular weight is 329 g/mol. The Labute approximate surface area is 141 Å². The lowest BCUT2D eigenvalue weighted by Gasteiger charge is -2.14. The van der Waals surface area contributed by atoms with Crippen molar-refractivity contribution < 1.29 is 9.59 Å². The zero-order valence-electron chi connectivity index (χ0n) is 14.1. The van der Waals surface area contributed by atoms with E-state index in [0.29, 0.717) is 6.54 Å². The van der Waals surface area contributed by atoms with E-state index < -0.39 is 18.0 Å².